The third kappa shape index (κ3) is 3.17. The van der Waals surface area contributed by atoms with Gasteiger partial charge in [-0.1, -0.05) is 18.2 Å². The number of nitrogens with one attached hydrogen (secondary N) is 1. The number of fused-ring (bicyclic) bond motifs is 1. The van der Waals surface area contributed by atoms with E-state index in [1.807, 2.05) is 25.4 Å². The normalized spacial score (nSPS) is 12.5. The maximum absolute atomic E-state index is 5.58. The van der Waals surface area contributed by atoms with Crippen LogP contribution in [0.3, 0.4) is 0 Å². The molecular formula is C16H24N2O. The fourth-order valence-electron chi connectivity index (χ4n) is 2.38. The lowest BCUT2D eigenvalue weighted by Crippen LogP contribution is -2.48. The van der Waals surface area contributed by atoms with E-state index in [0.717, 1.165) is 25.1 Å². The monoisotopic (exact) mass is 260 g/mol. The van der Waals surface area contributed by atoms with E-state index in [1.54, 1.807) is 0 Å². The van der Waals surface area contributed by atoms with Crippen LogP contribution in [0.25, 0.3) is 11.0 Å². The van der Waals surface area contributed by atoms with Crippen LogP contribution in [0.2, 0.25) is 0 Å². The standard InChI is InChI=1S/C16H24N2O/c1-16(2,12-17-3)18(4)10-9-13-11-19-15-8-6-5-7-14(13)15/h5-8,11,17H,9-10,12H2,1-4H3. The Morgan fingerprint density at radius 2 is 2.00 bits per heavy atom. The summed E-state index contributed by atoms with van der Waals surface area (Å²) in [5.41, 5.74) is 2.44. The van der Waals surface area contributed by atoms with Crippen molar-refractivity contribution in [2.75, 3.05) is 27.2 Å². The molecule has 0 aliphatic rings. The minimum absolute atomic E-state index is 0.161. The molecule has 2 aromatic rings. The first kappa shape index (κ1) is 14.1. The number of hydrogen-bond acceptors (Lipinski definition) is 3. The molecule has 1 aromatic heterocycles. The van der Waals surface area contributed by atoms with E-state index in [0.29, 0.717) is 0 Å². The summed E-state index contributed by atoms with van der Waals surface area (Å²) in [4.78, 5) is 2.39. The second kappa shape index (κ2) is 5.76. The third-order valence-electron chi connectivity index (χ3n) is 3.92. The van der Waals surface area contributed by atoms with E-state index in [1.165, 1.54) is 10.9 Å². The first-order valence-corrected chi connectivity index (χ1v) is 6.85. The molecule has 1 aromatic carbocycles. The molecule has 0 spiro atoms. The van der Waals surface area contributed by atoms with E-state index in [2.05, 4.69) is 43.2 Å². The smallest absolute Gasteiger partial charge is 0.134 e. The average molecular weight is 260 g/mol. The lowest BCUT2D eigenvalue weighted by atomic mass is 10.0. The highest BCUT2D eigenvalue weighted by molar-refractivity contribution is 5.80. The maximum atomic E-state index is 5.58. The SMILES string of the molecule is CNCC(C)(C)N(C)CCc1coc2ccccc12. The number of furan rings is 1. The Hall–Kier alpha value is -1.32. The second-order valence-electron chi connectivity index (χ2n) is 5.77. The van der Waals surface area contributed by atoms with Crippen molar-refractivity contribution in [3.63, 3.8) is 0 Å². The van der Waals surface area contributed by atoms with Gasteiger partial charge in [-0.2, -0.15) is 0 Å². The highest BCUT2D eigenvalue weighted by Crippen LogP contribution is 2.22. The first-order valence-electron chi connectivity index (χ1n) is 6.85. The summed E-state index contributed by atoms with van der Waals surface area (Å²) >= 11 is 0. The van der Waals surface area contributed by atoms with Crippen molar-refractivity contribution >= 4 is 11.0 Å². The van der Waals surface area contributed by atoms with Gasteiger partial charge in [-0.3, -0.25) is 4.90 Å². The van der Waals surface area contributed by atoms with E-state index in [9.17, 15) is 0 Å². The van der Waals surface area contributed by atoms with Gasteiger partial charge in [0.2, 0.25) is 0 Å². The van der Waals surface area contributed by atoms with Crippen LogP contribution in [0.1, 0.15) is 19.4 Å². The van der Waals surface area contributed by atoms with Gasteiger partial charge in [0.1, 0.15) is 5.58 Å². The van der Waals surface area contributed by atoms with Crippen molar-refractivity contribution in [2.24, 2.45) is 0 Å². The molecule has 0 bridgehead atoms. The van der Waals surface area contributed by atoms with Crippen LogP contribution < -0.4 is 5.32 Å². The number of para-hydroxylation sites is 1. The molecular weight excluding hydrogens is 236 g/mol. The van der Waals surface area contributed by atoms with Gasteiger partial charge in [0.25, 0.3) is 0 Å². The van der Waals surface area contributed by atoms with Gasteiger partial charge >= 0.3 is 0 Å². The predicted molar refractivity (Wildman–Crippen MR) is 80.6 cm³/mol. The van der Waals surface area contributed by atoms with Crippen molar-refractivity contribution in [1.29, 1.82) is 0 Å². The van der Waals surface area contributed by atoms with Gasteiger partial charge in [0, 0.05) is 24.0 Å². The Balaban J connectivity index is 2.02. The highest BCUT2D eigenvalue weighted by Gasteiger charge is 2.22. The number of benzene rings is 1. The molecule has 104 valence electrons. The van der Waals surface area contributed by atoms with E-state index in [-0.39, 0.29) is 5.54 Å². The highest BCUT2D eigenvalue weighted by atomic mass is 16.3. The molecule has 0 amide bonds. The summed E-state index contributed by atoms with van der Waals surface area (Å²) in [7, 11) is 4.18. The Morgan fingerprint density at radius 1 is 1.26 bits per heavy atom. The summed E-state index contributed by atoms with van der Waals surface area (Å²) in [5.74, 6) is 0. The fraction of sp³-hybridized carbons (Fsp3) is 0.500. The Kier molecular flexibility index (Phi) is 4.27. The minimum Gasteiger partial charge on any atom is -0.464 e. The topological polar surface area (TPSA) is 28.4 Å². The van der Waals surface area contributed by atoms with Crippen LogP contribution in [0.4, 0.5) is 0 Å². The van der Waals surface area contributed by atoms with E-state index in [4.69, 9.17) is 4.42 Å². The first-order chi connectivity index (χ1) is 9.04. The van der Waals surface area contributed by atoms with Gasteiger partial charge in [0.05, 0.1) is 6.26 Å². The van der Waals surface area contributed by atoms with Crippen LogP contribution >= 0.6 is 0 Å². The van der Waals surface area contributed by atoms with Gasteiger partial charge in [-0.25, -0.2) is 0 Å². The van der Waals surface area contributed by atoms with Crippen LogP contribution in [0.15, 0.2) is 34.9 Å². The molecule has 0 fully saturated rings. The molecule has 0 aliphatic carbocycles. The van der Waals surface area contributed by atoms with Crippen LogP contribution in [-0.2, 0) is 6.42 Å². The lowest BCUT2D eigenvalue weighted by molar-refractivity contribution is 0.157. The molecule has 0 atom stereocenters. The molecule has 3 heteroatoms. The van der Waals surface area contributed by atoms with Crippen molar-refractivity contribution < 1.29 is 4.42 Å². The predicted octanol–water partition coefficient (Wildman–Crippen LogP) is 2.91. The summed E-state index contributed by atoms with van der Waals surface area (Å²) in [5, 5.41) is 4.49. The number of hydrogen-bond donors (Lipinski definition) is 1. The third-order valence-corrected chi connectivity index (χ3v) is 3.92. The summed E-state index contributed by atoms with van der Waals surface area (Å²) < 4.78 is 5.58. The quantitative estimate of drug-likeness (QED) is 0.865. The average Bonchev–Trinajstić information content (AvgIpc) is 2.79. The van der Waals surface area contributed by atoms with Crippen LogP contribution in [0, 0.1) is 0 Å². The van der Waals surface area contributed by atoms with Crippen molar-refractivity contribution in [3.8, 4) is 0 Å². The van der Waals surface area contributed by atoms with Crippen molar-refractivity contribution in [3.05, 3.63) is 36.1 Å². The molecule has 0 unspecified atom stereocenters. The van der Waals surface area contributed by atoms with Crippen molar-refractivity contribution in [2.45, 2.75) is 25.8 Å². The van der Waals surface area contributed by atoms with Crippen LogP contribution in [0.5, 0.6) is 0 Å². The molecule has 2 rings (SSSR count). The van der Waals surface area contributed by atoms with Gasteiger partial charge in [-0.05, 0) is 46.0 Å². The zero-order chi connectivity index (χ0) is 13.9. The zero-order valence-electron chi connectivity index (χ0n) is 12.4. The molecule has 0 saturated heterocycles. The van der Waals surface area contributed by atoms with Gasteiger partial charge in [-0.15, -0.1) is 0 Å². The van der Waals surface area contributed by atoms with Crippen LogP contribution in [-0.4, -0.2) is 37.6 Å². The molecule has 3 nitrogen and oxygen atoms in total. The summed E-state index contributed by atoms with van der Waals surface area (Å²) in [6.07, 6.45) is 2.91. The summed E-state index contributed by atoms with van der Waals surface area (Å²) in [6, 6.07) is 8.23. The largest absolute Gasteiger partial charge is 0.464 e. The van der Waals surface area contributed by atoms with Crippen molar-refractivity contribution in [1.82, 2.24) is 10.2 Å². The maximum Gasteiger partial charge on any atom is 0.134 e. The molecule has 1 heterocycles. The fourth-order valence-corrected chi connectivity index (χ4v) is 2.38. The summed E-state index contributed by atoms with van der Waals surface area (Å²) in [6.45, 7) is 6.53. The lowest BCUT2D eigenvalue weighted by Gasteiger charge is -2.35. The Labute approximate surface area is 115 Å². The second-order valence-corrected chi connectivity index (χ2v) is 5.77. The molecule has 0 aliphatic heterocycles. The van der Waals surface area contributed by atoms with E-state index < -0.39 is 0 Å². The molecule has 19 heavy (non-hydrogen) atoms. The number of likely N-dealkylation sites (N-methyl/N-ethyl adjacent to an activating group) is 2. The molecule has 0 saturated carbocycles. The van der Waals surface area contributed by atoms with Gasteiger partial charge in [0.15, 0.2) is 0 Å². The minimum atomic E-state index is 0.161. The number of nitrogens with zero attached hydrogens (tertiary/aromatic N) is 1. The molecule has 1 N–H and O–H groups in total. The Morgan fingerprint density at radius 3 is 2.74 bits per heavy atom. The molecule has 0 radical (unpaired) electrons. The van der Waals surface area contributed by atoms with E-state index >= 15 is 0 Å². The van der Waals surface area contributed by atoms with Gasteiger partial charge < -0.3 is 9.73 Å². The Bertz CT molecular complexity index is 530. The number of rotatable bonds is 6. The zero-order valence-corrected chi connectivity index (χ0v) is 12.4.